The number of nitrogens with zero attached hydrogens (tertiary/aromatic N) is 1. The van der Waals surface area contributed by atoms with Gasteiger partial charge in [-0.05, 0) is 114 Å². The van der Waals surface area contributed by atoms with Crippen LogP contribution in [-0.2, 0) is 37.8 Å². The molecule has 2 aliphatic carbocycles. The van der Waals surface area contributed by atoms with E-state index in [-0.39, 0.29) is 52.4 Å². The van der Waals surface area contributed by atoms with E-state index in [0.29, 0.717) is 30.4 Å². The smallest absolute Gasteiger partial charge is 0.307 e. The number of imide groups is 1. The quantitative estimate of drug-likeness (QED) is 0.0527. The Morgan fingerprint density at radius 1 is 0.879 bits per heavy atom. The number of rotatable bonds is 15. The second-order valence-corrected chi connectivity index (χ2v) is 31.6. The molecule has 2 saturated heterocycles. The summed E-state index contributed by atoms with van der Waals surface area (Å²) >= 11 is 0. The Hall–Kier alpha value is -2.45. The second kappa shape index (κ2) is 16.4. The number of carbonyl (C=O) groups excluding carboxylic acids is 4. The lowest BCUT2D eigenvalue weighted by molar-refractivity contribution is -0.312. The number of ketones is 1. The summed E-state index contributed by atoms with van der Waals surface area (Å²) in [6.07, 6.45) is 14.9. The van der Waals surface area contributed by atoms with E-state index in [1.807, 2.05) is 46.8 Å². The molecule has 2 amide bonds. The zero-order chi connectivity index (χ0) is 43.4. The Balaban J connectivity index is 1.80. The molecule has 11 heteroatoms. The van der Waals surface area contributed by atoms with Gasteiger partial charge in [-0.25, -0.2) is 0 Å². The summed E-state index contributed by atoms with van der Waals surface area (Å²) < 4.78 is 29.6. The number of hydrogen-bond donors (Lipinski definition) is 0. The molecule has 0 aromatic heterocycles. The van der Waals surface area contributed by atoms with Gasteiger partial charge in [-0.2, -0.15) is 0 Å². The first-order valence-corrected chi connectivity index (χ1v) is 27.9. The molecule has 9 nitrogen and oxygen atoms in total. The van der Waals surface area contributed by atoms with Crippen molar-refractivity contribution in [2.24, 2.45) is 23.2 Å². The third-order valence-corrected chi connectivity index (χ3v) is 24.1. The maximum absolute atomic E-state index is 15.4. The van der Waals surface area contributed by atoms with Crippen molar-refractivity contribution >= 4 is 40.1 Å². The third kappa shape index (κ3) is 8.42. The topological polar surface area (TPSA) is 108 Å². The molecule has 7 atom stereocenters. The zero-order valence-electron chi connectivity index (χ0n) is 38.6. The SMILES string of the molecule is C/C=C/CCCCC[C@@H]1C=C2[C@]3(CC(=O)OC(C)(C)C)CC4=C(C(=O)N([Si](C)(C)C(C)(C)C)C4=O)[C@H]4[C@H]1C[C@@H](C(=O)CC/C=C/C)O[C@@]24O[C@@H]3O[Si](C)(C)C(C)(C)C. The molecular weight excluding hydrogens is 763 g/mol. The monoisotopic (exact) mass is 838 g/mol. The van der Waals surface area contributed by atoms with Crippen LogP contribution in [0.15, 0.2) is 47.1 Å². The number of Topliss-reactive ketones (excluding diaryl/α,β-unsaturated/α-hetero) is 1. The average molecular weight is 838 g/mol. The number of unbranched alkanes of at least 4 members (excludes halogenated alkanes) is 3. The van der Waals surface area contributed by atoms with Gasteiger partial charge in [0.25, 0.3) is 0 Å². The summed E-state index contributed by atoms with van der Waals surface area (Å²) in [5.41, 5.74) is -0.363. The predicted octanol–water partition coefficient (Wildman–Crippen LogP) is 10.9. The standard InChI is InChI=1S/C47H75NO8Si2/c1-16-18-20-21-22-24-25-31-27-36-46(30-37(50)54-43(3,4)5)29-33-38(41(52)48(40(33)51)57(12,13)44(6,7)8)39-32(31)28-35(34(49)26-23-19-17-2)53-47(36,39)55-42(46)56-58(14,15)45(9,10)11/h16-19,27,31-32,35,39,42H,20-26,28-30H2,1-15H3/b18-16+,19-17+/t31-,32+,35+,39-,42-,46-,47-/m1/s1. The molecule has 0 aromatic rings. The zero-order valence-corrected chi connectivity index (χ0v) is 40.6. The lowest BCUT2D eigenvalue weighted by atomic mass is 9.59. The van der Waals surface area contributed by atoms with Crippen molar-refractivity contribution in [1.29, 1.82) is 0 Å². The van der Waals surface area contributed by atoms with Gasteiger partial charge in [-0.1, -0.05) is 97.9 Å². The van der Waals surface area contributed by atoms with Crippen LogP contribution in [-0.4, -0.2) is 68.5 Å². The van der Waals surface area contributed by atoms with E-state index in [2.05, 4.69) is 86.0 Å². The second-order valence-electron chi connectivity index (χ2n) is 21.7. The molecule has 5 aliphatic rings. The van der Waals surface area contributed by atoms with Crippen molar-refractivity contribution in [3.05, 3.63) is 47.1 Å². The van der Waals surface area contributed by atoms with Crippen LogP contribution >= 0.6 is 0 Å². The molecule has 3 heterocycles. The summed E-state index contributed by atoms with van der Waals surface area (Å²) in [6.45, 7) is 30.9. The molecule has 2 fully saturated rings. The minimum atomic E-state index is -2.76. The van der Waals surface area contributed by atoms with Crippen molar-refractivity contribution in [1.82, 2.24) is 4.57 Å². The van der Waals surface area contributed by atoms with Crippen molar-refractivity contribution in [3.8, 4) is 0 Å². The number of amides is 2. The third-order valence-electron chi connectivity index (χ3n) is 14.5. The molecule has 0 saturated carbocycles. The molecular formula is C47H75NO8Si2. The van der Waals surface area contributed by atoms with Crippen LogP contribution in [0, 0.1) is 23.2 Å². The average Bonchev–Trinajstić information content (AvgIpc) is 3.42. The molecule has 3 aliphatic heterocycles. The van der Waals surface area contributed by atoms with E-state index in [9.17, 15) is 9.59 Å². The summed E-state index contributed by atoms with van der Waals surface area (Å²) in [5.74, 6) is -3.48. The minimum absolute atomic E-state index is 0.00689. The first-order valence-electron chi connectivity index (χ1n) is 22.0. The first-order chi connectivity index (χ1) is 26.7. The number of ether oxygens (including phenoxy) is 3. The molecule has 0 N–H and O–H groups in total. The van der Waals surface area contributed by atoms with Crippen molar-refractivity contribution < 1.29 is 37.8 Å². The molecule has 1 spiro atoms. The van der Waals surface area contributed by atoms with Crippen LogP contribution in [0.25, 0.3) is 0 Å². The van der Waals surface area contributed by atoms with Gasteiger partial charge in [0.15, 0.2) is 28.6 Å². The summed E-state index contributed by atoms with van der Waals surface area (Å²) in [6, 6.07) is 0. The normalized spacial score (nSPS) is 30.4. The highest BCUT2D eigenvalue weighted by molar-refractivity contribution is 6.82. The van der Waals surface area contributed by atoms with E-state index in [4.69, 9.17) is 18.6 Å². The number of esters is 1. The van der Waals surface area contributed by atoms with Crippen molar-refractivity contribution in [3.63, 3.8) is 0 Å². The highest BCUT2D eigenvalue weighted by Crippen LogP contribution is 2.70. The predicted molar refractivity (Wildman–Crippen MR) is 234 cm³/mol. The van der Waals surface area contributed by atoms with Crippen LogP contribution in [0.2, 0.25) is 36.3 Å². The molecule has 5 rings (SSSR count). The Morgan fingerprint density at radius 2 is 1.52 bits per heavy atom. The van der Waals surface area contributed by atoms with Crippen LogP contribution in [0.5, 0.6) is 0 Å². The van der Waals surface area contributed by atoms with E-state index in [0.717, 1.165) is 37.7 Å². The van der Waals surface area contributed by atoms with Gasteiger partial charge in [0.2, 0.25) is 17.6 Å². The van der Waals surface area contributed by atoms with Crippen LogP contribution in [0.1, 0.15) is 140 Å². The van der Waals surface area contributed by atoms with Gasteiger partial charge >= 0.3 is 5.97 Å². The number of allylic oxidation sites excluding steroid dienone is 5. The van der Waals surface area contributed by atoms with Gasteiger partial charge in [0.05, 0.1) is 17.8 Å². The molecule has 0 radical (unpaired) electrons. The number of hydrogen-bond acceptors (Lipinski definition) is 8. The minimum Gasteiger partial charge on any atom is -0.460 e. The van der Waals surface area contributed by atoms with E-state index >= 15 is 9.59 Å². The highest BCUT2D eigenvalue weighted by atomic mass is 28.4. The number of carbonyl (C=O) groups is 4. The van der Waals surface area contributed by atoms with Crippen molar-refractivity contribution in [2.75, 3.05) is 0 Å². The van der Waals surface area contributed by atoms with Gasteiger partial charge < -0.3 is 23.2 Å². The summed E-state index contributed by atoms with van der Waals surface area (Å²) in [4.78, 5) is 59.3. The lowest BCUT2D eigenvalue weighted by Crippen LogP contribution is -2.61. The van der Waals surface area contributed by atoms with E-state index in [1.54, 1.807) is 4.57 Å². The van der Waals surface area contributed by atoms with Crippen LogP contribution < -0.4 is 0 Å². The fourth-order valence-corrected chi connectivity index (χ4v) is 12.6. The molecule has 58 heavy (non-hydrogen) atoms. The molecule has 0 aromatic carbocycles. The van der Waals surface area contributed by atoms with Crippen molar-refractivity contribution in [2.45, 2.75) is 200 Å². The highest BCUT2D eigenvalue weighted by Gasteiger charge is 2.75. The van der Waals surface area contributed by atoms with E-state index in [1.165, 1.54) is 0 Å². The van der Waals surface area contributed by atoms with Gasteiger partial charge in [0, 0.05) is 17.6 Å². The molecule has 324 valence electrons. The maximum atomic E-state index is 15.4. The van der Waals surface area contributed by atoms with Gasteiger partial charge in [-0.15, -0.1) is 0 Å². The molecule has 5 bridgehead atoms. The van der Waals surface area contributed by atoms with Crippen LogP contribution in [0.3, 0.4) is 0 Å². The Labute approximate surface area is 352 Å². The van der Waals surface area contributed by atoms with Crippen LogP contribution in [0.4, 0.5) is 0 Å². The Kier molecular flexibility index (Phi) is 13.2. The maximum Gasteiger partial charge on any atom is 0.307 e. The Bertz CT molecular complexity index is 1750. The van der Waals surface area contributed by atoms with Gasteiger partial charge in [-0.3, -0.25) is 19.2 Å². The summed E-state index contributed by atoms with van der Waals surface area (Å²) in [5, 5.41) is -0.542. The Morgan fingerprint density at radius 3 is 2.10 bits per heavy atom. The first kappa shape index (κ1) is 46.6. The largest absolute Gasteiger partial charge is 0.460 e. The lowest BCUT2D eigenvalue weighted by Gasteiger charge is -2.54. The fraction of sp³-hybridized carbons (Fsp3) is 0.745. The summed E-state index contributed by atoms with van der Waals surface area (Å²) in [7, 11) is -5.40. The van der Waals surface area contributed by atoms with E-state index < -0.39 is 57.6 Å². The fourth-order valence-electron chi connectivity index (χ4n) is 9.50. The molecule has 0 unspecified atom stereocenters. The van der Waals surface area contributed by atoms with Gasteiger partial charge in [0.1, 0.15) is 11.7 Å².